The minimum Gasteiger partial charge on any atom is -0.465 e. The Labute approximate surface area is 110 Å². The number of ether oxygens (including phenoxy) is 1. The number of hydrogen-bond acceptors (Lipinski definition) is 7. The number of hydroxylamine groups is 1. The highest BCUT2D eigenvalue weighted by Crippen LogP contribution is 2.20. The van der Waals surface area contributed by atoms with Crippen LogP contribution >= 0.6 is 0 Å². The van der Waals surface area contributed by atoms with Crippen LogP contribution in [0.3, 0.4) is 0 Å². The van der Waals surface area contributed by atoms with Crippen LogP contribution in [0.2, 0.25) is 0 Å². The highest BCUT2D eigenvalue weighted by Gasteiger charge is 2.09. The van der Waals surface area contributed by atoms with Crippen LogP contribution in [0.15, 0.2) is 35.6 Å². The Morgan fingerprint density at radius 3 is 3.11 bits per heavy atom. The van der Waals surface area contributed by atoms with E-state index >= 15 is 0 Å². The zero-order chi connectivity index (χ0) is 13.7. The molecule has 0 spiro atoms. The summed E-state index contributed by atoms with van der Waals surface area (Å²) in [5, 5.41) is 8.31. The van der Waals surface area contributed by atoms with Gasteiger partial charge >= 0.3 is 5.97 Å². The van der Waals surface area contributed by atoms with Crippen molar-refractivity contribution in [2.75, 3.05) is 24.8 Å². The largest absolute Gasteiger partial charge is 0.465 e. The van der Waals surface area contributed by atoms with E-state index in [0.717, 1.165) is 0 Å². The Bertz CT molecular complexity index is 528. The van der Waals surface area contributed by atoms with E-state index < -0.39 is 5.97 Å². The van der Waals surface area contributed by atoms with Crippen molar-refractivity contribution in [2.45, 2.75) is 0 Å². The van der Waals surface area contributed by atoms with Crippen molar-refractivity contribution in [1.82, 2.24) is 5.17 Å². The van der Waals surface area contributed by atoms with Crippen LogP contribution in [0.1, 0.15) is 10.4 Å². The summed E-state index contributed by atoms with van der Waals surface area (Å²) in [6.45, 7) is 0.287. The molecule has 1 heterocycles. The average Bonchev–Trinajstić information content (AvgIpc) is 2.46. The molecule has 0 radical (unpaired) electrons. The molecule has 0 unspecified atom stereocenters. The zero-order valence-corrected chi connectivity index (χ0v) is 10.4. The minimum atomic E-state index is -0.418. The lowest BCUT2D eigenvalue weighted by Gasteiger charge is -2.20. The Hall–Kier alpha value is -2.70. The molecule has 0 aliphatic carbocycles. The summed E-state index contributed by atoms with van der Waals surface area (Å²) in [5.41, 5.74) is 7.36. The van der Waals surface area contributed by atoms with E-state index in [1.807, 2.05) is 0 Å². The fourth-order valence-corrected chi connectivity index (χ4v) is 1.47. The Morgan fingerprint density at radius 1 is 1.58 bits per heavy atom. The van der Waals surface area contributed by atoms with Gasteiger partial charge in [-0.3, -0.25) is 0 Å². The van der Waals surface area contributed by atoms with Crippen molar-refractivity contribution < 1.29 is 14.4 Å². The normalized spacial score (nSPS) is 13.0. The molecule has 0 atom stereocenters. The van der Waals surface area contributed by atoms with Crippen molar-refractivity contribution in [3.8, 4) is 0 Å². The van der Waals surface area contributed by atoms with E-state index in [-0.39, 0.29) is 6.67 Å². The molecule has 1 aliphatic rings. The zero-order valence-electron chi connectivity index (χ0n) is 10.4. The van der Waals surface area contributed by atoms with E-state index in [2.05, 4.69) is 15.2 Å². The number of allylic oxidation sites excluding steroid dienone is 1. The third kappa shape index (κ3) is 3.15. The number of carbonyl (C=O) groups excluding carboxylic acids is 1. The number of hydrazone groups is 1. The number of benzene rings is 1. The average molecular weight is 262 g/mol. The van der Waals surface area contributed by atoms with Gasteiger partial charge in [-0.25, -0.2) is 4.79 Å². The molecule has 2 rings (SSSR count). The topological polar surface area (TPSA) is 89.2 Å². The Kier molecular flexibility index (Phi) is 3.87. The van der Waals surface area contributed by atoms with Crippen molar-refractivity contribution in [1.29, 1.82) is 0 Å². The number of nitrogens with one attached hydrogen (secondary N) is 1. The van der Waals surface area contributed by atoms with Gasteiger partial charge in [-0.2, -0.15) is 0 Å². The molecule has 7 nitrogen and oxygen atoms in total. The van der Waals surface area contributed by atoms with Crippen LogP contribution in [-0.2, 0) is 9.57 Å². The molecule has 0 saturated carbocycles. The van der Waals surface area contributed by atoms with Crippen LogP contribution < -0.4 is 11.1 Å². The third-order valence-electron chi connectivity index (χ3n) is 2.42. The van der Waals surface area contributed by atoms with E-state index in [1.54, 1.807) is 30.5 Å². The molecular formula is C12H14N4O3. The van der Waals surface area contributed by atoms with Gasteiger partial charge in [0.2, 0.25) is 0 Å². The molecule has 1 aromatic carbocycles. The van der Waals surface area contributed by atoms with Gasteiger partial charge in [-0.1, -0.05) is 0 Å². The molecule has 100 valence electrons. The highest BCUT2D eigenvalue weighted by molar-refractivity contribution is 5.91. The van der Waals surface area contributed by atoms with E-state index in [4.69, 9.17) is 10.6 Å². The van der Waals surface area contributed by atoms with Crippen LogP contribution in [0, 0.1) is 0 Å². The molecule has 1 aliphatic heterocycles. The lowest BCUT2D eigenvalue weighted by molar-refractivity contribution is -0.0978. The molecule has 3 N–H and O–H groups in total. The maximum Gasteiger partial charge on any atom is 0.337 e. The fourth-order valence-electron chi connectivity index (χ4n) is 1.47. The van der Waals surface area contributed by atoms with Crippen molar-refractivity contribution in [3.05, 3.63) is 36.1 Å². The van der Waals surface area contributed by atoms with Gasteiger partial charge < -0.3 is 20.6 Å². The summed E-state index contributed by atoms with van der Waals surface area (Å²) in [6, 6.07) is 4.85. The van der Waals surface area contributed by atoms with E-state index in [9.17, 15) is 4.79 Å². The monoisotopic (exact) mass is 262 g/mol. The second-order valence-corrected chi connectivity index (χ2v) is 3.68. The van der Waals surface area contributed by atoms with E-state index in [1.165, 1.54) is 18.5 Å². The summed E-state index contributed by atoms with van der Waals surface area (Å²) >= 11 is 0. The molecule has 0 bridgehead atoms. The first-order valence-electron chi connectivity index (χ1n) is 5.56. The Balaban J connectivity index is 2.04. The van der Waals surface area contributed by atoms with E-state index in [0.29, 0.717) is 16.9 Å². The minimum absolute atomic E-state index is 0.287. The number of nitrogen functional groups attached to an aromatic ring is 1. The predicted octanol–water partition coefficient (Wildman–Crippen LogP) is 1.17. The number of nitrogens with zero attached hydrogens (tertiary/aromatic N) is 2. The summed E-state index contributed by atoms with van der Waals surface area (Å²) in [6.07, 6.45) is 4.77. The van der Waals surface area contributed by atoms with Gasteiger partial charge in [0.15, 0.2) is 0 Å². The third-order valence-corrected chi connectivity index (χ3v) is 2.42. The molecule has 0 amide bonds. The van der Waals surface area contributed by atoms with Crippen molar-refractivity contribution >= 4 is 23.6 Å². The SMILES string of the molecule is COC(=O)c1ccc(N)c(NCN2N=CC=CO2)c1. The van der Waals surface area contributed by atoms with Gasteiger partial charge in [0.1, 0.15) is 12.9 Å². The van der Waals surface area contributed by atoms with Crippen LogP contribution in [0.25, 0.3) is 0 Å². The number of esters is 1. The summed E-state index contributed by atoms with van der Waals surface area (Å²) < 4.78 is 4.65. The quantitative estimate of drug-likeness (QED) is 0.625. The fraction of sp³-hybridized carbons (Fsp3) is 0.167. The second kappa shape index (κ2) is 5.76. The Morgan fingerprint density at radius 2 is 2.42 bits per heavy atom. The maximum atomic E-state index is 11.4. The van der Waals surface area contributed by atoms with Gasteiger partial charge in [0.25, 0.3) is 0 Å². The number of rotatable bonds is 4. The molecular weight excluding hydrogens is 248 g/mol. The lowest BCUT2D eigenvalue weighted by atomic mass is 10.2. The molecule has 7 heteroatoms. The van der Waals surface area contributed by atoms with Gasteiger partial charge in [-0.05, 0) is 24.3 Å². The van der Waals surface area contributed by atoms with Crippen LogP contribution in [0.4, 0.5) is 11.4 Å². The number of nitrogens with two attached hydrogens (primary N) is 1. The van der Waals surface area contributed by atoms with Crippen molar-refractivity contribution in [2.24, 2.45) is 5.10 Å². The lowest BCUT2D eigenvalue weighted by Crippen LogP contribution is -2.24. The maximum absolute atomic E-state index is 11.4. The molecule has 19 heavy (non-hydrogen) atoms. The first-order valence-corrected chi connectivity index (χ1v) is 5.56. The molecule has 0 aromatic heterocycles. The number of methoxy groups -OCH3 is 1. The van der Waals surface area contributed by atoms with Gasteiger partial charge in [0.05, 0.1) is 30.3 Å². The first kappa shape index (κ1) is 12.7. The van der Waals surface area contributed by atoms with Crippen LogP contribution in [-0.4, -0.2) is 31.1 Å². The smallest absolute Gasteiger partial charge is 0.337 e. The highest BCUT2D eigenvalue weighted by atomic mass is 16.7. The van der Waals surface area contributed by atoms with Gasteiger partial charge in [-0.15, -0.1) is 10.3 Å². The van der Waals surface area contributed by atoms with Crippen LogP contribution in [0.5, 0.6) is 0 Å². The predicted molar refractivity (Wildman–Crippen MR) is 71.2 cm³/mol. The van der Waals surface area contributed by atoms with Gasteiger partial charge in [0, 0.05) is 0 Å². The summed E-state index contributed by atoms with van der Waals surface area (Å²) in [7, 11) is 1.33. The first-order chi connectivity index (χ1) is 9.20. The molecule has 0 fully saturated rings. The van der Waals surface area contributed by atoms with Crippen molar-refractivity contribution in [3.63, 3.8) is 0 Å². The number of hydrogen-bond donors (Lipinski definition) is 2. The summed E-state index contributed by atoms with van der Waals surface area (Å²) in [4.78, 5) is 16.5. The molecule has 0 saturated heterocycles. The standard InChI is InChI=1S/C12H14N4O3/c1-18-12(17)9-3-4-10(13)11(7-9)14-8-16-15-5-2-6-19-16/h2-7,14H,8,13H2,1H3. The summed E-state index contributed by atoms with van der Waals surface area (Å²) in [5.74, 6) is -0.418. The molecule has 1 aromatic rings. The number of anilines is 2. The number of carbonyl (C=O) groups is 1. The second-order valence-electron chi connectivity index (χ2n) is 3.68.